The molecule has 1 aliphatic heterocycles. The number of rotatable bonds is 2. The number of carbonyl (C=O) groups excluding carboxylic acids is 1. The third kappa shape index (κ3) is 3.26. The summed E-state index contributed by atoms with van der Waals surface area (Å²) in [5.41, 5.74) is 1.86. The van der Waals surface area contributed by atoms with Gasteiger partial charge in [0.1, 0.15) is 0 Å². The number of carboxylic acids is 1. The predicted molar refractivity (Wildman–Crippen MR) is 81.3 cm³/mol. The van der Waals surface area contributed by atoms with Crippen LogP contribution in [0.3, 0.4) is 0 Å². The van der Waals surface area contributed by atoms with E-state index in [1.165, 1.54) is 5.56 Å². The molecular weight excluding hydrogens is 266 g/mol. The molecule has 0 aliphatic carbocycles. The Morgan fingerprint density at radius 1 is 1.14 bits per heavy atom. The van der Waals surface area contributed by atoms with Crippen LogP contribution in [0.1, 0.15) is 43.6 Å². The van der Waals surface area contributed by atoms with Gasteiger partial charge < -0.3 is 10.0 Å². The third-order valence-electron chi connectivity index (χ3n) is 4.21. The van der Waals surface area contributed by atoms with E-state index in [0.717, 1.165) is 0 Å². The molecule has 1 amide bonds. The Hall–Kier alpha value is -1.84. The number of carboxylic acid groups (broad SMARTS) is 1. The first-order valence-electron chi connectivity index (χ1n) is 7.33. The number of likely N-dealkylation sites (tertiary alicyclic amines) is 1. The molecule has 1 N–H and O–H groups in total. The van der Waals surface area contributed by atoms with E-state index in [9.17, 15) is 9.59 Å². The molecule has 0 radical (unpaired) electrons. The maximum atomic E-state index is 12.5. The molecule has 1 aliphatic rings. The van der Waals surface area contributed by atoms with Crippen molar-refractivity contribution in [1.29, 1.82) is 0 Å². The van der Waals surface area contributed by atoms with Crippen molar-refractivity contribution in [2.75, 3.05) is 13.1 Å². The van der Waals surface area contributed by atoms with Crippen LogP contribution in [0.5, 0.6) is 0 Å². The van der Waals surface area contributed by atoms with Crippen LogP contribution in [0.2, 0.25) is 0 Å². The molecule has 0 spiro atoms. The zero-order valence-electron chi connectivity index (χ0n) is 13.1. The number of aliphatic carboxylic acids is 1. The van der Waals surface area contributed by atoms with Crippen molar-refractivity contribution in [3.63, 3.8) is 0 Å². The van der Waals surface area contributed by atoms with Crippen LogP contribution in [0.25, 0.3) is 0 Å². The highest BCUT2D eigenvalue weighted by atomic mass is 16.4. The molecule has 0 bridgehead atoms. The van der Waals surface area contributed by atoms with Gasteiger partial charge in [-0.1, -0.05) is 39.8 Å². The SMILES string of the molecule is CC1CN(C(=O)c2ccc(C(C)(C)C)cc2)CC1C(=O)O. The third-order valence-corrected chi connectivity index (χ3v) is 4.21. The van der Waals surface area contributed by atoms with Crippen LogP contribution in [-0.2, 0) is 10.2 Å². The Labute approximate surface area is 125 Å². The fourth-order valence-corrected chi connectivity index (χ4v) is 2.75. The second-order valence-corrected chi connectivity index (χ2v) is 6.96. The molecule has 0 saturated carbocycles. The lowest BCUT2D eigenvalue weighted by atomic mass is 9.86. The highest BCUT2D eigenvalue weighted by molar-refractivity contribution is 5.95. The van der Waals surface area contributed by atoms with Gasteiger partial charge in [-0.15, -0.1) is 0 Å². The summed E-state index contributed by atoms with van der Waals surface area (Å²) in [6, 6.07) is 7.62. The van der Waals surface area contributed by atoms with E-state index < -0.39 is 11.9 Å². The average Bonchev–Trinajstić information content (AvgIpc) is 2.79. The van der Waals surface area contributed by atoms with Crippen LogP contribution in [0.15, 0.2) is 24.3 Å². The summed E-state index contributed by atoms with van der Waals surface area (Å²) in [4.78, 5) is 25.2. The van der Waals surface area contributed by atoms with Gasteiger partial charge in [-0.3, -0.25) is 9.59 Å². The van der Waals surface area contributed by atoms with Crippen LogP contribution in [-0.4, -0.2) is 35.0 Å². The number of benzene rings is 1. The Balaban J connectivity index is 2.13. The molecule has 4 heteroatoms. The molecule has 2 rings (SSSR count). The monoisotopic (exact) mass is 289 g/mol. The average molecular weight is 289 g/mol. The van der Waals surface area contributed by atoms with Crippen molar-refractivity contribution in [3.8, 4) is 0 Å². The number of hydrogen-bond donors (Lipinski definition) is 1. The molecule has 2 atom stereocenters. The highest BCUT2D eigenvalue weighted by Crippen LogP contribution is 2.26. The quantitative estimate of drug-likeness (QED) is 0.910. The van der Waals surface area contributed by atoms with Crippen LogP contribution < -0.4 is 0 Å². The fourth-order valence-electron chi connectivity index (χ4n) is 2.75. The topological polar surface area (TPSA) is 57.6 Å². The number of amides is 1. The summed E-state index contributed by atoms with van der Waals surface area (Å²) >= 11 is 0. The van der Waals surface area contributed by atoms with Gasteiger partial charge in [0.2, 0.25) is 0 Å². The van der Waals surface area contributed by atoms with Gasteiger partial charge in [0.05, 0.1) is 5.92 Å². The van der Waals surface area contributed by atoms with Crippen molar-refractivity contribution in [2.24, 2.45) is 11.8 Å². The maximum absolute atomic E-state index is 12.5. The van der Waals surface area contributed by atoms with Gasteiger partial charge in [-0.2, -0.15) is 0 Å². The predicted octanol–water partition coefficient (Wildman–Crippen LogP) is 2.78. The lowest BCUT2D eigenvalue weighted by Crippen LogP contribution is -2.30. The zero-order valence-corrected chi connectivity index (χ0v) is 13.1. The smallest absolute Gasteiger partial charge is 0.308 e. The summed E-state index contributed by atoms with van der Waals surface area (Å²) in [5, 5.41) is 9.14. The number of carbonyl (C=O) groups is 2. The molecule has 21 heavy (non-hydrogen) atoms. The normalized spacial score (nSPS) is 22.4. The van der Waals surface area contributed by atoms with E-state index in [1.54, 1.807) is 4.90 Å². The Kier molecular flexibility index (Phi) is 4.08. The summed E-state index contributed by atoms with van der Waals surface area (Å²) in [6.45, 7) is 9.08. The summed E-state index contributed by atoms with van der Waals surface area (Å²) in [6.07, 6.45) is 0. The molecule has 1 saturated heterocycles. The van der Waals surface area contributed by atoms with Crippen LogP contribution in [0, 0.1) is 11.8 Å². The minimum Gasteiger partial charge on any atom is -0.481 e. The molecule has 1 fully saturated rings. The van der Waals surface area contributed by atoms with E-state index in [2.05, 4.69) is 20.8 Å². The van der Waals surface area contributed by atoms with Gasteiger partial charge >= 0.3 is 5.97 Å². The Morgan fingerprint density at radius 2 is 1.71 bits per heavy atom. The summed E-state index contributed by atoms with van der Waals surface area (Å²) in [7, 11) is 0. The second-order valence-electron chi connectivity index (χ2n) is 6.96. The molecule has 1 aromatic rings. The van der Waals surface area contributed by atoms with Gasteiger partial charge in [-0.25, -0.2) is 0 Å². The van der Waals surface area contributed by atoms with Crippen molar-refractivity contribution in [3.05, 3.63) is 35.4 Å². The molecule has 0 aromatic heterocycles. The first kappa shape index (κ1) is 15.5. The fraction of sp³-hybridized carbons (Fsp3) is 0.529. The Morgan fingerprint density at radius 3 is 2.14 bits per heavy atom. The minimum atomic E-state index is -0.819. The van der Waals surface area contributed by atoms with Crippen molar-refractivity contribution in [1.82, 2.24) is 4.90 Å². The molecule has 2 unspecified atom stereocenters. The first-order valence-corrected chi connectivity index (χ1v) is 7.33. The van der Waals surface area contributed by atoms with Crippen molar-refractivity contribution in [2.45, 2.75) is 33.1 Å². The molecule has 1 aromatic carbocycles. The van der Waals surface area contributed by atoms with Crippen molar-refractivity contribution < 1.29 is 14.7 Å². The first-order chi connectivity index (χ1) is 9.70. The van der Waals surface area contributed by atoms with Crippen LogP contribution >= 0.6 is 0 Å². The second kappa shape index (κ2) is 5.51. The van der Waals surface area contributed by atoms with Gasteiger partial charge in [0.25, 0.3) is 5.91 Å². The van der Waals surface area contributed by atoms with Gasteiger partial charge in [0.15, 0.2) is 0 Å². The highest BCUT2D eigenvalue weighted by Gasteiger charge is 2.37. The van der Waals surface area contributed by atoms with E-state index >= 15 is 0 Å². The molecule has 4 nitrogen and oxygen atoms in total. The van der Waals surface area contributed by atoms with E-state index in [0.29, 0.717) is 18.7 Å². The Bertz CT molecular complexity index is 542. The van der Waals surface area contributed by atoms with Gasteiger partial charge in [-0.05, 0) is 29.0 Å². The molecule has 1 heterocycles. The lowest BCUT2D eigenvalue weighted by Gasteiger charge is -2.20. The van der Waals surface area contributed by atoms with Gasteiger partial charge in [0, 0.05) is 18.7 Å². The number of hydrogen-bond acceptors (Lipinski definition) is 2. The maximum Gasteiger partial charge on any atom is 0.308 e. The van der Waals surface area contributed by atoms with Crippen molar-refractivity contribution >= 4 is 11.9 Å². The lowest BCUT2D eigenvalue weighted by molar-refractivity contribution is -0.142. The standard InChI is InChI=1S/C17H23NO3/c1-11-9-18(10-14(11)16(20)21)15(19)12-5-7-13(8-6-12)17(2,3)4/h5-8,11,14H,9-10H2,1-4H3,(H,20,21). The molecular formula is C17H23NO3. The van der Waals surface area contributed by atoms with Crippen LogP contribution in [0.4, 0.5) is 0 Å². The number of nitrogens with zero attached hydrogens (tertiary/aromatic N) is 1. The summed E-state index contributed by atoms with van der Waals surface area (Å²) < 4.78 is 0. The van der Waals surface area contributed by atoms with E-state index in [1.807, 2.05) is 31.2 Å². The minimum absolute atomic E-state index is 0.000276. The zero-order chi connectivity index (χ0) is 15.8. The van der Waals surface area contributed by atoms with E-state index in [4.69, 9.17) is 5.11 Å². The van der Waals surface area contributed by atoms with E-state index in [-0.39, 0.29) is 17.2 Å². The summed E-state index contributed by atoms with van der Waals surface area (Å²) in [5.74, 6) is -1.35. The largest absolute Gasteiger partial charge is 0.481 e. The molecule has 114 valence electrons.